The highest BCUT2D eigenvalue weighted by Crippen LogP contribution is 2.26. The van der Waals surface area contributed by atoms with Crippen molar-refractivity contribution in [3.8, 4) is 0 Å². The molecule has 388 valence electrons. The Morgan fingerprint density at radius 2 is 0.894 bits per heavy atom. The van der Waals surface area contributed by atoms with Gasteiger partial charge in [0.2, 0.25) is 0 Å². The van der Waals surface area contributed by atoms with E-state index in [4.69, 9.17) is 28.4 Å². The Bertz CT molecular complexity index is 1190. The normalized spacial score (nSPS) is 26.4. The Morgan fingerprint density at radius 3 is 1.39 bits per heavy atom. The van der Waals surface area contributed by atoms with E-state index in [-0.39, 0.29) is 25.6 Å². The quantitative estimate of drug-likeness (QED) is 0.0175. The van der Waals surface area contributed by atoms with E-state index in [0.717, 1.165) is 51.4 Å². The Hall–Kier alpha value is -1.53. The fraction of sp³-hybridized carbons (Fsp3) is 0.904. The number of hydrogen-bond donors (Lipinski definition) is 7. The number of carbonyl (C=O) groups is 1. The maximum Gasteiger partial charge on any atom is 0.306 e. The molecule has 11 atom stereocenters. The first-order valence-electron chi connectivity index (χ1n) is 26.4. The zero-order valence-electron chi connectivity index (χ0n) is 41.2. The molecule has 0 aromatic carbocycles. The number of unbranched alkanes of at least 4 members (excludes halogenated alkanes) is 24. The number of carbonyl (C=O) groups excluding carboxylic acids is 1. The number of esters is 1. The Kier molecular flexibility index (Phi) is 36.9. The molecule has 14 nitrogen and oxygen atoms in total. The lowest BCUT2D eigenvalue weighted by Gasteiger charge is -2.42. The zero-order chi connectivity index (χ0) is 48.0. The molecule has 2 aliphatic heterocycles. The zero-order valence-corrected chi connectivity index (χ0v) is 41.2. The lowest BCUT2D eigenvalue weighted by atomic mass is 9.98. The van der Waals surface area contributed by atoms with Crippen LogP contribution < -0.4 is 0 Å². The molecule has 2 aliphatic rings. The van der Waals surface area contributed by atoms with Gasteiger partial charge in [0.15, 0.2) is 12.6 Å². The molecule has 14 heteroatoms. The summed E-state index contributed by atoms with van der Waals surface area (Å²) in [4.78, 5) is 13.0. The number of rotatable bonds is 42. The van der Waals surface area contributed by atoms with Crippen molar-refractivity contribution < 1.29 is 69.0 Å². The van der Waals surface area contributed by atoms with Crippen LogP contribution in [0.2, 0.25) is 0 Å². The first-order chi connectivity index (χ1) is 32.1. The summed E-state index contributed by atoms with van der Waals surface area (Å²) in [6.45, 7) is 3.67. The van der Waals surface area contributed by atoms with Gasteiger partial charge in [-0.2, -0.15) is 0 Å². The van der Waals surface area contributed by atoms with Crippen molar-refractivity contribution in [3.05, 3.63) is 24.3 Å². The largest absolute Gasteiger partial charge is 0.457 e. The van der Waals surface area contributed by atoms with Crippen LogP contribution in [0, 0.1) is 0 Å². The Labute approximate surface area is 398 Å². The first-order valence-corrected chi connectivity index (χ1v) is 26.4. The molecule has 0 saturated carbocycles. The van der Waals surface area contributed by atoms with E-state index in [2.05, 4.69) is 38.2 Å². The SMILES string of the molecule is CCCCCC/C=C\CCCCCCCCOCC(COC1OC(COC2OC(CO)C(O)C(O)C2O)C(O)C(O)C1O)OC(=O)CCCCCCCCC/C=C\CCCCCCCCC. The Balaban J connectivity index is 1.76. The molecule has 0 spiro atoms. The van der Waals surface area contributed by atoms with Crippen LogP contribution in [-0.2, 0) is 33.2 Å². The summed E-state index contributed by atoms with van der Waals surface area (Å²) in [5, 5.41) is 72.1. The van der Waals surface area contributed by atoms with Crippen molar-refractivity contribution in [1.29, 1.82) is 0 Å². The third-order valence-corrected chi connectivity index (χ3v) is 12.7. The first kappa shape index (κ1) is 60.6. The summed E-state index contributed by atoms with van der Waals surface area (Å²) >= 11 is 0. The van der Waals surface area contributed by atoms with E-state index in [1.807, 2.05) is 0 Å². The van der Waals surface area contributed by atoms with Crippen molar-refractivity contribution in [3.63, 3.8) is 0 Å². The second-order valence-electron chi connectivity index (χ2n) is 18.7. The highest BCUT2D eigenvalue weighted by Gasteiger charge is 2.47. The summed E-state index contributed by atoms with van der Waals surface area (Å²) in [6, 6.07) is 0. The van der Waals surface area contributed by atoms with E-state index in [1.54, 1.807) is 0 Å². The molecule has 0 aromatic heterocycles. The van der Waals surface area contributed by atoms with Crippen molar-refractivity contribution in [1.82, 2.24) is 0 Å². The molecule has 7 N–H and O–H groups in total. The van der Waals surface area contributed by atoms with E-state index in [9.17, 15) is 40.5 Å². The number of aliphatic hydroxyl groups excluding tert-OH is 7. The van der Waals surface area contributed by atoms with Gasteiger partial charge in [0, 0.05) is 13.0 Å². The van der Waals surface area contributed by atoms with Crippen LogP contribution in [0.15, 0.2) is 24.3 Å². The molecule has 66 heavy (non-hydrogen) atoms. The number of aliphatic hydroxyl groups is 7. The number of ether oxygens (including phenoxy) is 6. The van der Waals surface area contributed by atoms with E-state index < -0.39 is 80.7 Å². The van der Waals surface area contributed by atoms with Gasteiger partial charge in [0.25, 0.3) is 0 Å². The molecule has 0 amide bonds. The molecule has 0 aliphatic carbocycles. The van der Waals surface area contributed by atoms with Crippen LogP contribution in [0.3, 0.4) is 0 Å². The topological polar surface area (TPSA) is 214 Å². The van der Waals surface area contributed by atoms with Crippen LogP contribution in [0.25, 0.3) is 0 Å². The minimum Gasteiger partial charge on any atom is -0.457 e. The monoisotopic (exact) mass is 945 g/mol. The van der Waals surface area contributed by atoms with Gasteiger partial charge in [0.05, 0.1) is 26.4 Å². The fourth-order valence-electron chi connectivity index (χ4n) is 8.33. The van der Waals surface area contributed by atoms with E-state index in [0.29, 0.717) is 13.0 Å². The van der Waals surface area contributed by atoms with E-state index in [1.165, 1.54) is 122 Å². The van der Waals surface area contributed by atoms with Gasteiger partial charge in [-0.1, -0.05) is 154 Å². The van der Waals surface area contributed by atoms with Gasteiger partial charge in [-0.25, -0.2) is 0 Å². The minimum absolute atomic E-state index is 0.0580. The number of allylic oxidation sites excluding steroid dienone is 4. The second-order valence-corrected chi connectivity index (χ2v) is 18.7. The maximum atomic E-state index is 13.0. The Morgan fingerprint density at radius 1 is 0.485 bits per heavy atom. The fourth-order valence-corrected chi connectivity index (χ4v) is 8.33. The molecular weight excluding hydrogens is 849 g/mol. The molecule has 2 fully saturated rings. The van der Waals surface area contributed by atoms with Gasteiger partial charge in [-0.3, -0.25) is 4.79 Å². The highest BCUT2D eigenvalue weighted by atomic mass is 16.7. The van der Waals surface area contributed by atoms with Crippen LogP contribution in [0.5, 0.6) is 0 Å². The lowest BCUT2D eigenvalue weighted by Crippen LogP contribution is -2.61. The van der Waals surface area contributed by atoms with Crippen molar-refractivity contribution in [2.75, 3.05) is 33.0 Å². The number of hydrogen-bond acceptors (Lipinski definition) is 14. The molecule has 2 heterocycles. The molecule has 0 bridgehead atoms. The van der Waals surface area contributed by atoms with Crippen molar-refractivity contribution >= 4 is 5.97 Å². The predicted octanol–water partition coefficient (Wildman–Crippen LogP) is 8.02. The third-order valence-electron chi connectivity index (χ3n) is 12.7. The average Bonchev–Trinajstić information content (AvgIpc) is 3.31. The maximum absolute atomic E-state index is 13.0. The molecule has 11 unspecified atom stereocenters. The van der Waals surface area contributed by atoms with E-state index >= 15 is 0 Å². The predicted molar refractivity (Wildman–Crippen MR) is 257 cm³/mol. The molecule has 2 rings (SSSR count). The van der Waals surface area contributed by atoms with Crippen LogP contribution in [0.1, 0.15) is 200 Å². The van der Waals surface area contributed by atoms with Crippen LogP contribution >= 0.6 is 0 Å². The summed E-state index contributed by atoms with van der Waals surface area (Å²) < 4.78 is 34.3. The highest BCUT2D eigenvalue weighted by molar-refractivity contribution is 5.69. The van der Waals surface area contributed by atoms with Crippen LogP contribution in [-0.4, -0.2) is 142 Å². The summed E-state index contributed by atoms with van der Waals surface area (Å²) in [5.74, 6) is -0.381. The minimum atomic E-state index is -1.71. The van der Waals surface area contributed by atoms with Gasteiger partial charge in [-0.05, 0) is 64.2 Å². The average molecular weight is 945 g/mol. The summed E-state index contributed by atoms with van der Waals surface area (Å²) in [7, 11) is 0. The smallest absolute Gasteiger partial charge is 0.306 e. The summed E-state index contributed by atoms with van der Waals surface area (Å²) in [5.41, 5.74) is 0. The van der Waals surface area contributed by atoms with Gasteiger partial charge >= 0.3 is 5.97 Å². The van der Waals surface area contributed by atoms with Crippen molar-refractivity contribution in [2.24, 2.45) is 0 Å². The standard InChI is InChI=1S/C52H96O14/c1-3-5-7-9-11-13-15-17-19-20-21-22-23-25-27-29-31-33-35-44(54)64-41(38-61-36-34-32-30-28-26-24-18-16-14-12-10-8-6-4-2)39-62-51-50(60)48(58)46(56)43(66-51)40-63-52-49(59)47(57)45(55)42(37-53)65-52/h14,16,19-20,41-43,45-53,55-60H,3-13,15,17-18,21-40H2,1-2H3/b16-14-,20-19-. The second kappa shape index (κ2) is 40.2. The summed E-state index contributed by atoms with van der Waals surface area (Å²) in [6.07, 6.45) is 26.6. The lowest BCUT2D eigenvalue weighted by molar-refractivity contribution is -0.332. The molecular formula is C52H96O14. The molecule has 0 radical (unpaired) electrons. The third kappa shape index (κ3) is 27.6. The van der Waals surface area contributed by atoms with Gasteiger partial charge in [-0.15, -0.1) is 0 Å². The van der Waals surface area contributed by atoms with Crippen molar-refractivity contribution in [2.45, 2.75) is 268 Å². The van der Waals surface area contributed by atoms with Gasteiger partial charge < -0.3 is 64.2 Å². The van der Waals surface area contributed by atoms with Gasteiger partial charge in [0.1, 0.15) is 54.9 Å². The molecule has 2 saturated heterocycles. The molecule has 0 aromatic rings. The van der Waals surface area contributed by atoms with Crippen LogP contribution in [0.4, 0.5) is 0 Å².